The van der Waals surface area contributed by atoms with Crippen molar-refractivity contribution < 1.29 is 9.53 Å². The second-order valence-corrected chi connectivity index (χ2v) is 3.08. The lowest BCUT2D eigenvalue weighted by Crippen LogP contribution is -2.06. The Morgan fingerprint density at radius 3 is 2.93 bits per heavy atom. The first kappa shape index (κ1) is 10.7. The van der Waals surface area contributed by atoms with Gasteiger partial charge in [-0.2, -0.15) is 0 Å². The van der Waals surface area contributed by atoms with E-state index in [2.05, 4.69) is 4.98 Å². The third-order valence-corrected chi connectivity index (χ3v) is 1.84. The zero-order valence-corrected chi connectivity index (χ0v) is 8.62. The Labute approximate surface area is 84.1 Å². The monoisotopic (exact) mass is 193 g/mol. The summed E-state index contributed by atoms with van der Waals surface area (Å²) in [4.78, 5) is 15.3. The second kappa shape index (κ2) is 5.37. The van der Waals surface area contributed by atoms with Crippen LogP contribution in [-0.2, 0) is 16.0 Å². The summed E-state index contributed by atoms with van der Waals surface area (Å²) in [6, 6.07) is 5.81. The standard InChI is InChI=1S/C11H15NO2/c1-3-14-11(13)8-7-10-6-4-5-9(2)12-10/h4-6H,3,7-8H2,1-2H3. The van der Waals surface area contributed by atoms with Gasteiger partial charge in [-0.3, -0.25) is 9.78 Å². The highest BCUT2D eigenvalue weighted by molar-refractivity contribution is 5.69. The minimum absolute atomic E-state index is 0.157. The normalized spacial score (nSPS) is 9.86. The molecule has 0 radical (unpaired) electrons. The molecule has 14 heavy (non-hydrogen) atoms. The Morgan fingerprint density at radius 1 is 1.50 bits per heavy atom. The van der Waals surface area contributed by atoms with Gasteiger partial charge in [-0.1, -0.05) is 6.07 Å². The van der Waals surface area contributed by atoms with Crippen LogP contribution in [0.5, 0.6) is 0 Å². The fourth-order valence-electron chi connectivity index (χ4n) is 1.20. The van der Waals surface area contributed by atoms with Gasteiger partial charge in [0.15, 0.2) is 0 Å². The first-order valence-corrected chi connectivity index (χ1v) is 4.80. The fourth-order valence-corrected chi connectivity index (χ4v) is 1.20. The maximum absolute atomic E-state index is 11.1. The number of aryl methyl sites for hydroxylation is 2. The predicted molar refractivity (Wildman–Crippen MR) is 53.9 cm³/mol. The van der Waals surface area contributed by atoms with Crippen molar-refractivity contribution >= 4 is 5.97 Å². The number of esters is 1. The molecule has 0 fully saturated rings. The van der Waals surface area contributed by atoms with E-state index in [9.17, 15) is 4.79 Å². The predicted octanol–water partition coefficient (Wildman–Crippen LogP) is 1.89. The summed E-state index contributed by atoms with van der Waals surface area (Å²) in [6.45, 7) is 4.19. The maximum atomic E-state index is 11.1. The third-order valence-electron chi connectivity index (χ3n) is 1.84. The number of nitrogens with zero attached hydrogens (tertiary/aromatic N) is 1. The summed E-state index contributed by atoms with van der Waals surface area (Å²) in [6.07, 6.45) is 1.06. The van der Waals surface area contributed by atoms with Gasteiger partial charge in [-0.05, 0) is 26.0 Å². The van der Waals surface area contributed by atoms with E-state index < -0.39 is 0 Å². The molecule has 0 amide bonds. The molecule has 1 aromatic heterocycles. The molecule has 0 aliphatic carbocycles. The molecular formula is C11H15NO2. The average molecular weight is 193 g/mol. The first-order chi connectivity index (χ1) is 6.72. The van der Waals surface area contributed by atoms with Crippen molar-refractivity contribution in [2.45, 2.75) is 26.7 Å². The molecule has 3 heteroatoms. The number of hydrogen-bond acceptors (Lipinski definition) is 3. The Morgan fingerprint density at radius 2 is 2.29 bits per heavy atom. The largest absolute Gasteiger partial charge is 0.466 e. The first-order valence-electron chi connectivity index (χ1n) is 4.80. The lowest BCUT2D eigenvalue weighted by Gasteiger charge is -2.02. The van der Waals surface area contributed by atoms with Crippen molar-refractivity contribution in [2.75, 3.05) is 6.61 Å². The van der Waals surface area contributed by atoms with Gasteiger partial charge in [-0.15, -0.1) is 0 Å². The van der Waals surface area contributed by atoms with E-state index in [1.54, 1.807) is 0 Å². The zero-order valence-electron chi connectivity index (χ0n) is 8.62. The molecule has 0 saturated heterocycles. The molecule has 0 spiro atoms. The Hall–Kier alpha value is -1.38. The summed E-state index contributed by atoms with van der Waals surface area (Å²) in [7, 11) is 0. The Kier molecular flexibility index (Phi) is 4.11. The molecule has 0 aromatic carbocycles. The van der Waals surface area contributed by atoms with Gasteiger partial charge in [0.1, 0.15) is 0 Å². The summed E-state index contributed by atoms with van der Waals surface area (Å²) in [5.41, 5.74) is 1.92. The number of carbonyl (C=O) groups excluding carboxylic acids is 1. The summed E-state index contributed by atoms with van der Waals surface area (Å²) >= 11 is 0. The van der Waals surface area contributed by atoms with E-state index in [0.29, 0.717) is 19.4 Å². The van der Waals surface area contributed by atoms with Crippen LogP contribution in [0.2, 0.25) is 0 Å². The van der Waals surface area contributed by atoms with Crippen LogP contribution in [0.25, 0.3) is 0 Å². The van der Waals surface area contributed by atoms with Crippen molar-refractivity contribution in [3.8, 4) is 0 Å². The molecule has 0 saturated carbocycles. The molecule has 0 aliphatic heterocycles. The van der Waals surface area contributed by atoms with Crippen LogP contribution >= 0.6 is 0 Å². The summed E-state index contributed by atoms with van der Waals surface area (Å²) < 4.78 is 4.83. The van der Waals surface area contributed by atoms with Gasteiger partial charge in [-0.25, -0.2) is 0 Å². The van der Waals surface area contributed by atoms with Gasteiger partial charge >= 0.3 is 5.97 Å². The Bertz CT molecular complexity index is 310. The third kappa shape index (κ3) is 3.56. The number of hydrogen-bond donors (Lipinski definition) is 0. The number of carbonyl (C=O) groups is 1. The van der Waals surface area contributed by atoms with Crippen LogP contribution in [0.1, 0.15) is 24.7 Å². The molecule has 76 valence electrons. The van der Waals surface area contributed by atoms with Crippen LogP contribution in [0.3, 0.4) is 0 Å². The highest BCUT2D eigenvalue weighted by atomic mass is 16.5. The van der Waals surface area contributed by atoms with E-state index in [0.717, 1.165) is 11.4 Å². The topological polar surface area (TPSA) is 39.2 Å². The quantitative estimate of drug-likeness (QED) is 0.685. The van der Waals surface area contributed by atoms with Gasteiger partial charge in [0, 0.05) is 17.8 Å². The molecule has 1 heterocycles. The lowest BCUT2D eigenvalue weighted by atomic mass is 10.2. The highest BCUT2D eigenvalue weighted by Gasteiger charge is 2.02. The summed E-state index contributed by atoms with van der Waals surface area (Å²) in [5.74, 6) is -0.157. The number of rotatable bonds is 4. The summed E-state index contributed by atoms with van der Waals surface area (Å²) in [5, 5.41) is 0. The minimum atomic E-state index is -0.157. The Balaban J connectivity index is 2.41. The molecule has 1 aromatic rings. The van der Waals surface area contributed by atoms with Gasteiger partial charge < -0.3 is 4.74 Å². The van der Waals surface area contributed by atoms with Gasteiger partial charge in [0.2, 0.25) is 0 Å². The van der Waals surface area contributed by atoms with Crippen LogP contribution in [0.4, 0.5) is 0 Å². The number of ether oxygens (including phenoxy) is 1. The SMILES string of the molecule is CCOC(=O)CCc1cccc(C)n1. The van der Waals surface area contributed by atoms with Crippen molar-refractivity contribution in [3.63, 3.8) is 0 Å². The van der Waals surface area contributed by atoms with Crippen LogP contribution in [0.15, 0.2) is 18.2 Å². The molecule has 0 unspecified atom stereocenters. The van der Waals surface area contributed by atoms with Crippen LogP contribution in [-0.4, -0.2) is 17.6 Å². The molecular weight excluding hydrogens is 178 g/mol. The average Bonchev–Trinajstić information content (AvgIpc) is 2.15. The molecule has 1 rings (SSSR count). The van der Waals surface area contributed by atoms with Crippen molar-refractivity contribution in [2.24, 2.45) is 0 Å². The van der Waals surface area contributed by atoms with E-state index in [4.69, 9.17) is 4.74 Å². The van der Waals surface area contributed by atoms with E-state index in [-0.39, 0.29) is 5.97 Å². The number of aromatic nitrogens is 1. The van der Waals surface area contributed by atoms with E-state index in [1.807, 2.05) is 32.0 Å². The van der Waals surface area contributed by atoms with Crippen LogP contribution in [0, 0.1) is 6.92 Å². The molecule has 0 aliphatic rings. The second-order valence-electron chi connectivity index (χ2n) is 3.08. The van der Waals surface area contributed by atoms with Crippen molar-refractivity contribution in [3.05, 3.63) is 29.6 Å². The van der Waals surface area contributed by atoms with Gasteiger partial charge in [0.05, 0.1) is 13.0 Å². The van der Waals surface area contributed by atoms with Gasteiger partial charge in [0.25, 0.3) is 0 Å². The number of pyridine rings is 1. The molecule has 0 N–H and O–H groups in total. The fraction of sp³-hybridized carbons (Fsp3) is 0.455. The van der Waals surface area contributed by atoms with Crippen LogP contribution < -0.4 is 0 Å². The highest BCUT2D eigenvalue weighted by Crippen LogP contribution is 2.02. The molecule has 0 atom stereocenters. The van der Waals surface area contributed by atoms with Crippen molar-refractivity contribution in [1.82, 2.24) is 4.98 Å². The smallest absolute Gasteiger partial charge is 0.306 e. The van der Waals surface area contributed by atoms with E-state index in [1.165, 1.54) is 0 Å². The minimum Gasteiger partial charge on any atom is -0.466 e. The maximum Gasteiger partial charge on any atom is 0.306 e. The van der Waals surface area contributed by atoms with Crippen molar-refractivity contribution in [1.29, 1.82) is 0 Å². The zero-order chi connectivity index (χ0) is 10.4. The van der Waals surface area contributed by atoms with E-state index >= 15 is 0 Å². The molecule has 3 nitrogen and oxygen atoms in total. The lowest BCUT2D eigenvalue weighted by molar-refractivity contribution is -0.143. The molecule has 0 bridgehead atoms.